The largest absolute Gasteiger partial charge is 4.00 e. The van der Waals surface area contributed by atoms with Crippen LogP contribution in [0.1, 0.15) is 46.5 Å². The zero-order valence-corrected chi connectivity index (χ0v) is 19.4. The third-order valence-corrected chi connectivity index (χ3v) is 6.21. The standard InChI is InChI=1S/C18H25Si.3ClH.Ti/c1-4-5-7-12-17-14(2)13-18(15(17)3)19-16-10-8-6-9-11-16;;;;/h6,8-11,15H,4-5,7,12,19H2,1-3H3;3*1H;/q-1;;;;+4/p-3. The second-order valence-corrected chi connectivity index (χ2v) is 7.57. The number of benzene rings is 1. The van der Waals surface area contributed by atoms with Crippen molar-refractivity contribution in [2.24, 2.45) is 5.92 Å². The van der Waals surface area contributed by atoms with Gasteiger partial charge < -0.3 is 37.2 Å². The Morgan fingerprint density at radius 2 is 1.65 bits per heavy atom. The van der Waals surface area contributed by atoms with Crippen LogP contribution in [-0.2, 0) is 21.7 Å². The fourth-order valence-electron chi connectivity index (χ4n) is 2.95. The summed E-state index contributed by atoms with van der Waals surface area (Å²) in [5.74, 6) is 0.656. The first kappa shape index (κ1) is 28.3. The molecule has 126 valence electrons. The van der Waals surface area contributed by atoms with Gasteiger partial charge in [-0.3, -0.25) is 6.08 Å². The second kappa shape index (κ2) is 14.8. The van der Waals surface area contributed by atoms with Gasteiger partial charge in [-0.2, -0.15) is 5.20 Å². The molecule has 1 aromatic carbocycles. The van der Waals surface area contributed by atoms with E-state index in [0.29, 0.717) is 5.92 Å². The molecule has 0 heterocycles. The minimum Gasteiger partial charge on any atom is -1.00 e. The Hall–Kier alpha value is 0.501. The minimum absolute atomic E-state index is 0. The topological polar surface area (TPSA) is 0 Å². The van der Waals surface area contributed by atoms with Crippen LogP contribution >= 0.6 is 0 Å². The molecule has 0 saturated carbocycles. The van der Waals surface area contributed by atoms with E-state index in [0.717, 1.165) is 0 Å². The van der Waals surface area contributed by atoms with E-state index in [4.69, 9.17) is 0 Å². The van der Waals surface area contributed by atoms with Crippen LogP contribution in [0.2, 0.25) is 0 Å². The van der Waals surface area contributed by atoms with E-state index in [-0.39, 0.29) is 68.5 Å². The van der Waals surface area contributed by atoms with Crippen molar-refractivity contribution < 1.29 is 58.9 Å². The molecule has 0 fully saturated rings. The maximum atomic E-state index is 3.69. The summed E-state index contributed by atoms with van der Waals surface area (Å²) in [7, 11) is -0.311. The first-order valence-corrected chi connectivity index (χ1v) is 9.00. The van der Waals surface area contributed by atoms with Crippen LogP contribution in [0.5, 0.6) is 0 Å². The van der Waals surface area contributed by atoms with Crippen LogP contribution in [0, 0.1) is 12.0 Å². The molecule has 1 aliphatic rings. The Morgan fingerprint density at radius 3 is 2.22 bits per heavy atom. The van der Waals surface area contributed by atoms with Crippen molar-refractivity contribution in [1.82, 2.24) is 0 Å². The number of halogens is 3. The molecule has 0 radical (unpaired) electrons. The van der Waals surface area contributed by atoms with Crippen LogP contribution in [0.15, 0.2) is 46.7 Å². The molecule has 0 bridgehead atoms. The maximum Gasteiger partial charge on any atom is 4.00 e. The third-order valence-electron chi connectivity index (χ3n) is 4.16. The summed E-state index contributed by atoms with van der Waals surface area (Å²) in [6.45, 7) is 6.91. The van der Waals surface area contributed by atoms with Crippen molar-refractivity contribution in [1.29, 1.82) is 0 Å². The molecule has 0 saturated heterocycles. The van der Waals surface area contributed by atoms with Gasteiger partial charge in [-0.25, -0.2) is 11.1 Å². The molecule has 5 heteroatoms. The van der Waals surface area contributed by atoms with E-state index in [2.05, 4.69) is 57.2 Å². The van der Waals surface area contributed by atoms with Gasteiger partial charge in [0, 0.05) is 0 Å². The molecule has 0 spiro atoms. The molecule has 23 heavy (non-hydrogen) atoms. The average Bonchev–Trinajstić information content (AvgIpc) is 2.68. The summed E-state index contributed by atoms with van der Waals surface area (Å²) in [5.41, 5.74) is 3.09. The van der Waals surface area contributed by atoms with Crippen molar-refractivity contribution in [2.45, 2.75) is 46.5 Å². The fraction of sp³-hybridized carbons (Fsp3) is 0.444. The van der Waals surface area contributed by atoms with Crippen LogP contribution in [0.4, 0.5) is 0 Å². The SMILES string of the molecule is CCCCCC1=C(C)[C-]=C([SiH2]c2ccccc2)C1C.[Cl-].[Cl-].[Cl-].[Ti+4]. The third kappa shape index (κ3) is 8.43. The maximum absolute atomic E-state index is 3.69. The zero-order valence-electron chi connectivity index (χ0n) is 14.1. The monoisotopic (exact) mass is 422 g/mol. The number of hydrogen-bond acceptors (Lipinski definition) is 0. The Morgan fingerprint density at radius 1 is 1.04 bits per heavy atom. The van der Waals surface area contributed by atoms with Gasteiger partial charge in [0.05, 0.1) is 9.52 Å². The molecular formula is C18H25Cl3SiTi. The van der Waals surface area contributed by atoms with E-state index in [1.165, 1.54) is 31.3 Å². The predicted octanol–water partition coefficient (Wildman–Crippen LogP) is -5.28. The van der Waals surface area contributed by atoms with Crippen molar-refractivity contribution in [3.05, 3.63) is 52.8 Å². The molecular weight excluding hydrogens is 399 g/mol. The normalized spacial score (nSPS) is 16.1. The van der Waals surface area contributed by atoms with E-state index in [9.17, 15) is 0 Å². The Balaban J connectivity index is -0.000001000. The summed E-state index contributed by atoms with van der Waals surface area (Å²) in [6.07, 6.45) is 8.97. The molecule has 0 amide bonds. The summed E-state index contributed by atoms with van der Waals surface area (Å²) < 4.78 is 0. The molecule has 1 aromatic rings. The molecule has 1 aliphatic carbocycles. The number of hydrogen-bond donors (Lipinski definition) is 0. The predicted molar refractivity (Wildman–Crippen MR) is 87.4 cm³/mol. The molecule has 0 aliphatic heterocycles. The van der Waals surface area contributed by atoms with Crippen LogP contribution in [0.3, 0.4) is 0 Å². The van der Waals surface area contributed by atoms with Crippen molar-refractivity contribution in [2.75, 3.05) is 0 Å². The van der Waals surface area contributed by atoms with Gasteiger partial charge in [0.2, 0.25) is 0 Å². The first-order valence-electron chi connectivity index (χ1n) is 7.58. The van der Waals surface area contributed by atoms with Gasteiger partial charge in [0.1, 0.15) is 0 Å². The summed E-state index contributed by atoms with van der Waals surface area (Å²) in [4.78, 5) is 0. The summed E-state index contributed by atoms with van der Waals surface area (Å²) in [5, 5.41) is 3.15. The van der Waals surface area contributed by atoms with Crippen molar-refractivity contribution in [3.63, 3.8) is 0 Å². The Labute approximate surface area is 177 Å². The molecule has 0 N–H and O–H groups in total. The van der Waals surface area contributed by atoms with E-state index in [1.807, 2.05) is 0 Å². The van der Waals surface area contributed by atoms with Crippen molar-refractivity contribution >= 4 is 14.7 Å². The smallest absolute Gasteiger partial charge is 1.00 e. The van der Waals surface area contributed by atoms with Crippen LogP contribution in [0.25, 0.3) is 0 Å². The quantitative estimate of drug-likeness (QED) is 0.244. The number of unbranched alkanes of at least 4 members (excludes halogenated alkanes) is 2. The van der Waals surface area contributed by atoms with Gasteiger partial charge in [-0.15, -0.1) is 0 Å². The molecule has 1 atom stereocenters. The van der Waals surface area contributed by atoms with Crippen molar-refractivity contribution in [3.8, 4) is 0 Å². The summed E-state index contributed by atoms with van der Waals surface area (Å²) >= 11 is 0. The zero-order chi connectivity index (χ0) is 13.7. The number of allylic oxidation sites excluding steroid dienone is 4. The van der Waals surface area contributed by atoms with E-state index in [1.54, 1.807) is 16.0 Å². The van der Waals surface area contributed by atoms with Gasteiger partial charge in [-0.1, -0.05) is 87.9 Å². The van der Waals surface area contributed by atoms with Gasteiger partial charge in [-0.05, 0) is 0 Å². The van der Waals surface area contributed by atoms with Gasteiger partial charge in [0.25, 0.3) is 0 Å². The van der Waals surface area contributed by atoms with E-state index >= 15 is 0 Å². The minimum atomic E-state index is -0.311. The summed E-state index contributed by atoms with van der Waals surface area (Å²) in [6, 6.07) is 11.0. The first-order chi connectivity index (χ1) is 9.22. The fourth-order valence-corrected chi connectivity index (χ4v) is 4.80. The Bertz CT molecular complexity index is 486. The molecule has 0 nitrogen and oxygen atoms in total. The molecule has 0 aromatic heterocycles. The van der Waals surface area contributed by atoms with Crippen LogP contribution < -0.4 is 42.4 Å². The average molecular weight is 424 g/mol. The number of rotatable bonds is 6. The van der Waals surface area contributed by atoms with E-state index < -0.39 is 0 Å². The second-order valence-electron chi connectivity index (χ2n) is 5.64. The molecule has 1 unspecified atom stereocenters. The molecule has 2 rings (SSSR count). The Kier molecular flexibility index (Phi) is 18.2. The van der Waals surface area contributed by atoms with Gasteiger partial charge >= 0.3 is 21.7 Å². The van der Waals surface area contributed by atoms with Crippen LogP contribution in [-0.4, -0.2) is 9.52 Å². The van der Waals surface area contributed by atoms with Gasteiger partial charge in [0.15, 0.2) is 0 Å².